The third-order valence-electron chi connectivity index (χ3n) is 2.38. The van der Waals surface area contributed by atoms with E-state index in [9.17, 15) is 0 Å². The maximum Gasteiger partial charge on any atom is 0.0524 e. The van der Waals surface area contributed by atoms with E-state index < -0.39 is 0 Å². The Labute approximate surface area is 78.4 Å². The third-order valence-corrected chi connectivity index (χ3v) is 2.38. The minimum atomic E-state index is 0. The van der Waals surface area contributed by atoms with Crippen LogP contribution in [0.5, 0.6) is 0 Å². The highest BCUT2D eigenvalue weighted by Gasteiger charge is 2.37. The summed E-state index contributed by atoms with van der Waals surface area (Å²) >= 11 is 0. The summed E-state index contributed by atoms with van der Waals surface area (Å²) in [5.74, 6) is 1.42. The summed E-state index contributed by atoms with van der Waals surface area (Å²) in [4.78, 5) is 0. The lowest BCUT2D eigenvalue weighted by Gasteiger charge is -1.90. The SMILES string of the molecule is Cl.Cn1cc(C2CC2CN)cn1. The monoisotopic (exact) mass is 187 g/mol. The van der Waals surface area contributed by atoms with Crippen molar-refractivity contribution in [2.45, 2.75) is 12.3 Å². The minimum Gasteiger partial charge on any atom is -0.330 e. The van der Waals surface area contributed by atoms with Crippen molar-refractivity contribution in [2.75, 3.05) is 6.54 Å². The molecule has 1 aliphatic carbocycles. The summed E-state index contributed by atoms with van der Waals surface area (Å²) in [6, 6.07) is 0. The molecule has 2 rings (SSSR count). The van der Waals surface area contributed by atoms with Gasteiger partial charge in [0.25, 0.3) is 0 Å². The van der Waals surface area contributed by atoms with Crippen molar-refractivity contribution in [3.05, 3.63) is 18.0 Å². The van der Waals surface area contributed by atoms with E-state index in [1.54, 1.807) is 0 Å². The molecule has 2 atom stereocenters. The normalized spacial score (nSPS) is 26.5. The number of aryl methyl sites for hydroxylation is 1. The van der Waals surface area contributed by atoms with Crippen LogP contribution in [0, 0.1) is 5.92 Å². The Balaban J connectivity index is 0.000000720. The number of aromatic nitrogens is 2. The Morgan fingerprint density at radius 2 is 2.50 bits per heavy atom. The van der Waals surface area contributed by atoms with Gasteiger partial charge in [0.05, 0.1) is 6.20 Å². The molecule has 1 aromatic heterocycles. The van der Waals surface area contributed by atoms with Crippen molar-refractivity contribution >= 4 is 12.4 Å². The van der Waals surface area contributed by atoms with E-state index in [4.69, 9.17) is 5.73 Å². The Morgan fingerprint density at radius 3 is 2.92 bits per heavy atom. The first kappa shape index (κ1) is 9.55. The van der Waals surface area contributed by atoms with Crippen molar-refractivity contribution in [3.63, 3.8) is 0 Å². The van der Waals surface area contributed by atoms with Gasteiger partial charge in [-0.05, 0) is 30.4 Å². The summed E-state index contributed by atoms with van der Waals surface area (Å²) in [5.41, 5.74) is 6.89. The highest BCUT2D eigenvalue weighted by atomic mass is 35.5. The quantitative estimate of drug-likeness (QED) is 0.748. The molecule has 12 heavy (non-hydrogen) atoms. The lowest BCUT2D eigenvalue weighted by molar-refractivity contribution is 0.765. The predicted octanol–water partition coefficient (Wildman–Crippen LogP) is 0.904. The smallest absolute Gasteiger partial charge is 0.0524 e. The molecule has 1 saturated carbocycles. The Morgan fingerprint density at radius 1 is 1.75 bits per heavy atom. The van der Waals surface area contributed by atoms with Gasteiger partial charge in [-0.25, -0.2) is 0 Å². The number of hydrogen-bond acceptors (Lipinski definition) is 2. The Kier molecular flexibility index (Phi) is 2.75. The second-order valence-electron chi connectivity index (χ2n) is 3.29. The van der Waals surface area contributed by atoms with Crippen LogP contribution in [0.15, 0.2) is 12.4 Å². The van der Waals surface area contributed by atoms with E-state index in [0.29, 0.717) is 5.92 Å². The maximum absolute atomic E-state index is 5.54. The van der Waals surface area contributed by atoms with Crippen molar-refractivity contribution in [3.8, 4) is 0 Å². The van der Waals surface area contributed by atoms with E-state index in [1.807, 2.05) is 17.9 Å². The molecule has 68 valence electrons. The number of rotatable bonds is 2. The van der Waals surface area contributed by atoms with Gasteiger partial charge in [-0.1, -0.05) is 0 Å². The first-order valence-electron chi connectivity index (χ1n) is 4.00. The highest BCUT2D eigenvalue weighted by molar-refractivity contribution is 5.85. The topological polar surface area (TPSA) is 43.8 Å². The van der Waals surface area contributed by atoms with Crippen LogP contribution in [-0.4, -0.2) is 16.3 Å². The van der Waals surface area contributed by atoms with Gasteiger partial charge in [-0.3, -0.25) is 4.68 Å². The fourth-order valence-corrected chi connectivity index (χ4v) is 1.55. The first-order chi connectivity index (χ1) is 5.31. The lowest BCUT2D eigenvalue weighted by atomic mass is 10.2. The Hall–Kier alpha value is -0.540. The van der Waals surface area contributed by atoms with E-state index >= 15 is 0 Å². The molecule has 1 fully saturated rings. The van der Waals surface area contributed by atoms with E-state index in [-0.39, 0.29) is 12.4 Å². The fourth-order valence-electron chi connectivity index (χ4n) is 1.55. The zero-order valence-corrected chi connectivity index (χ0v) is 7.92. The number of hydrogen-bond donors (Lipinski definition) is 1. The summed E-state index contributed by atoms with van der Waals surface area (Å²) in [6.07, 6.45) is 5.28. The molecule has 4 heteroatoms. The molecule has 0 saturated heterocycles. The van der Waals surface area contributed by atoms with E-state index in [2.05, 4.69) is 11.3 Å². The average molecular weight is 188 g/mol. The van der Waals surface area contributed by atoms with Crippen molar-refractivity contribution in [2.24, 2.45) is 18.7 Å². The maximum atomic E-state index is 5.54. The van der Waals surface area contributed by atoms with Gasteiger partial charge in [0.1, 0.15) is 0 Å². The van der Waals surface area contributed by atoms with Gasteiger partial charge in [-0.2, -0.15) is 5.10 Å². The summed E-state index contributed by atoms with van der Waals surface area (Å²) in [5, 5.41) is 4.12. The average Bonchev–Trinajstić information content (AvgIpc) is 2.68. The van der Waals surface area contributed by atoms with Crippen LogP contribution in [0.3, 0.4) is 0 Å². The second-order valence-corrected chi connectivity index (χ2v) is 3.29. The highest BCUT2D eigenvalue weighted by Crippen LogP contribution is 2.46. The lowest BCUT2D eigenvalue weighted by Crippen LogP contribution is -2.01. The van der Waals surface area contributed by atoms with Gasteiger partial charge < -0.3 is 5.73 Å². The molecule has 0 spiro atoms. The van der Waals surface area contributed by atoms with Gasteiger partial charge in [0.15, 0.2) is 0 Å². The van der Waals surface area contributed by atoms with Crippen molar-refractivity contribution < 1.29 is 0 Å². The molecule has 1 aromatic rings. The molecular formula is C8H14ClN3. The molecule has 0 amide bonds. The van der Waals surface area contributed by atoms with Crippen LogP contribution in [0.25, 0.3) is 0 Å². The van der Waals surface area contributed by atoms with Gasteiger partial charge in [-0.15, -0.1) is 12.4 Å². The molecule has 1 aliphatic rings. The molecule has 1 heterocycles. The summed E-state index contributed by atoms with van der Waals surface area (Å²) in [6.45, 7) is 0.819. The first-order valence-corrected chi connectivity index (χ1v) is 4.00. The zero-order chi connectivity index (χ0) is 7.84. The van der Waals surface area contributed by atoms with Crippen molar-refractivity contribution in [1.82, 2.24) is 9.78 Å². The van der Waals surface area contributed by atoms with Crippen molar-refractivity contribution in [1.29, 1.82) is 0 Å². The van der Waals surface area contributed by atoms with Crippen LogP contribution in [0.1, 0.15) is 17.9 Å². The largest absolute Gasteiger partial charge is 0.330 e. The fraction of sp³-hybridized carbons (Fsp3) is 0.625. The number of nitrogens with two attached hydrogens (primary N) is 1. The molecule has 2 unspecified atom stereocenters. The molecule has 2 N–H and O–H groups in total. The number of nitrogens with zero attached hydrogens (tertiary/aromatic N) is 2. The number of halogens is 1. The van der Waals surface area contributed by atoms with E-state index in [1.165, 1.54) is 12.0 Å². The standard InChI is InChI=1S/C8H13N3.ClH/c1-11-5-7(4-10-11)8-2-6(8)3-9;/h4-6,8H,2-3,9H2,1H3;1H. The predicted molar refractivity (Wildman–Crippen MR) is 50.4 cm³/mol. The molecular weight excluding hydrogens is 174 g/mol. The van der Waals surface area contributed by atoms with Gasteiger partial charge in [0, 0.05) is 13.2 Å². The van der Waals surface area contributed by atoms with Crippen LogP contribution in [0.4, 0.5) is 0 Å². The molecule has 0 bridgehead atoms. The van der Waals surface area contributed by atoms with Crippen LogP contribution in [0.2, 0.25) is 0 Å². The summed E-state index contributed by atoms with van der Waals surface area (Å²) in [7, 11) is 1.95. The molecule has 0 radical (unpaired) electrons. The minimum absolute atomic E-state index is 0. The molecule has 3 nitrogen and oxygen atoms in total. The zero-order valence-electron chi connectivity index (χ0n) is 7.10. The molecule has 0 aliphatic heterocycles. The van der Waals surface area contributed by atoms with Gasteiger partial charge >= 0.3 is 0 Å². The second kappa shape index (κ2) is 3.46. The van der Waals surface area contributed by atoms with Crippen LogP contribution in [-0.2, 0) is 7.05 Å². The van der Waals surface area contributed by atoms with Gasteiger partial charge in [0.2, 0.25) is 0 Å². The van der Waals surface area contributed by atoms with Crippen LogP contribution < -0.4 is 5.73 Å². The van der Waals surface area contributed by atoms with Crippen LogP contribution >= 0.6 is 12.4 Å². The summed E-state index contributed by atoms with van der Waals surface area (Å²) < 4.78 is 1.85. The third kappa shape index (κ3) is 1.62. The Bertz CT molecular complexity index is 259. The molecule has 0 aromatic carbocycles. The van der Waals surface area contributed by atoms with E-state index in [0.717, 1.165) is 12.5 Å².